The molecule has 9 nitrogen and oxygen atoms in total. The molecule has 1 atom stereocenters. The Bertz CT molecular complexity index is 1020. The van der Waals surface area contributed by atoms with E-state index in [9.17, 15) is 9.59 Å². The van der Waals surface area contributed by atoms with Crippen molar-refractivity contribution in [2.24, 2.45) is 5.92 Å². The Labute approximate surface area is 187 Å². The highest BCUT2D eigenvalue weighted by Gasteiger charge is 2.31. The van der Waals surface area contributed by atoms with Gasteiger partial charge >= 0.3 is 0 Å². The van der Waals surface area contributed by atoms with E-state index in [-0.39, 0.29) is 18.4 Å². The molecule has 2 aromatic heterocycles. The molecule has 32 heavy (non-hydrogen) atoms. The van der Waals surface area contributed by atoms with Crippen molar-refractivity contribution >= 4 is 22.8 Å². The molecular weight excluding hydrogens is 408 g/mol. The van der Waals surface area contributed by atoms with Gasteiger partial charge in [-0.15, -0.1) is 5.10 Å². The van der Waals surface area contributed by atoms with E-state index in [1.807, 2.05) is 24.3 Å². The summed E-state index contributed by atoms with van der Waals surface area (Å²) in [5, 5.41) is 11.2. The zero-order valence-electron chi connectivity index (χ0n) is 18.8. The summed E-state index contributed by atoms with van der Waals surface area (Å²) in [6, 6.07) is 10.2. The summed E-state index contributed by atoms with van der Waals surface area (Å²) >= 11 is 0. The lowest BCUT2D eigenvalue weighted by Crippen LogP contribution is -2.46. The second-order valence-corrected chi connectivity index (χ2v) is 7.97. The maximum atomic E-state index is 13.5. The molecule has 0 radical (unpaired) electrons. The summed E-state index contributed by atoms with van der Waals surface area (Å²) in [5.74, 6) is -0.0917. The summed E-state index contributed by atoms with van der Waals surface area (Å²) in [7, 11) is 1.58. The number of carbonyl (C=O) groups is 2. The first-order valence-electron chi connectivity index (χ1n) is 10.8. The zero-order valence-corrected chi connectivity index (χ0v) is 18.8. The number of benzene rings is 1. The topological polar surface area (TPSA) is 102 Å². The second-order valence-electron chi connectivity index (χ2n) is 7.97. The van der Waals surface area contributed by atoms with E-state index >= 15 is 0 Å². The number of pyridine rings is 1. The molecule has 0 bridgehead atoms. The van der Waals surface area contributed by atoms with Gasteiger partial charge in [-0.25, -0.2) is 4.68 Å². The molecular formula is C23H30N6O3. The van der Waals surface area contributed by atoms with E-state index in [4.69, 9.17) is 4.74 Å². The number of para-hydroxylation sites is 1. The average molecular weight is 439 g/mol. The Morgan fingerprint density at radius 3 is 2.62 bits per heavy atom. The van der Waals surface area contributed by atoms with Gasteiger partial charge in [-0.3, -0.25) is 14.6 Å². The number of amides is 2. The molecule has 0 fully saturated rings. The van der Waals surface area contributed by atoms with E-state index in [1.54, 1.807) is 41.2 Å². The van der Waals surface area contributed by atoms with Crippen molar-refractivity contribution < 1.29 is 14.3 Å². The summed E-state index contributed by atoms with van der Waals surface area (Å²) in [4.78, 5) is 32.4. The first kappa shape index (κ1) is 23.3. The van der Waals surface area contributed by atoms with Crippen molar-refractivity contribution in [2.45, 2.75) is 32.9 Å². The van der Waals surface area contributed by atoms with Gasteiger partial charge in [0, 0.05) is 32.6 Å². The Morgan fingerprint density at radius 2 is 1.91 bits per heavy atom. The van der Waals surface area contributed by atoms with Crippen LogP contribution in [0.25, 0.3) is 11.0 Å². The van der Waals surface area contributed by atoms with Crippen LogP contribution in [0.4, 0.5) is 0 Å². The van der Waals surface area contributed by atoms with Crippen LogP contribution in [0.1, 0.15) is 31.9 Å². The third kappa shape index (κ3) is 5.88. The molecule has 3 aromatic rings. The van der Waals surface area contributed by atoms with Crippen LogP contribution in [0.15, 0.2) is 48.8 Å². The van der Waals surface area contributed by atoms with E-state index in [0.29, 0.717) is 31.2 Å². The molecule has 0 spiro atoms. The number of nitrogens with one attached hydrogen (secondary N) is 1. The van der Waals surface area contributed by atoms with Gasteiger partial charge in [0.1, 0.15) is 18.1 Å². The van der Waals surface area contributed by atoms with Gasteiger partial charge in [0.05, 0.1) is 12.1 Å². The molecule has 2 heterocycles. The maximum absolute atomic E-state index is 13.5. The summed E-state index contributed by atoms with van der Waals surface area (Å²) in [6.45, 7) is 5.36. The third-order valence-electron chi connectivity index (χ3n) is 5.16. The first-order valence-corrected chi connectivity index (χ1v) is 10.8. The zero-order chi connectivity index (χ0) is 22.9. The lowest BCUT2D eigenvalue weighted by atomic mass is 10.0. The number of nitrogens with zero attached hydrogens (tertiary/aromatic N) is 5. The highest BCUT2D eigenvalue weighted by molar-refractivity contribution is 5.89. The smallest absolute Gasteiger partial charge is 0.247 e. The van der Waals surface area contributed by atoms with Gasteiger partial charge in [-0.2, -0.15) is 0 Å². The molecule has 2 amide bonds. The van der Waals surface area contributed by atoms with Crippen LogP contribution in [0.3, 0.4) is 0 Å². The highest BCUT2D eigenvalue weighted by atomic mass is 16.5. The number of rotatable bonds is 11. The molecule has 1 unspecified atom stereocenters. The SMILES string of the molecule is COCCNC(=O)C(c1ccncc1)N(CCC(C)C)C(=O)Cn1nnc2ccccc21. The van der Waals surface area contributed by atoms with Gasteiger partial charge < -0.3 is 15.0 Å². The predicted octanol–water partition coefficient (Wildman–Crippen LogP) is 2.20. The largest absolute Gasteiger partial charge is 0.383 e. The fraction of sp³-hybridized carbons (Fsp3) is 0.435. The van der Waals surface area contributed by atoms with Crippen molar-refractivity contribution in [3.05, 3.63) is 54.4 Å². The van der Waals surface area contributed by atoms with Crippen LogP contribution in [0, 0.1) is 5.92 Å². The molecule has 0 aliphatic heterocycles. The standard InChI is InChI=1S/C23H30N6O3/c1-17(2)10-14-28(21(30)16-29-20-7-5-4-6-19(20)26-27-29)22(18-8-11-24-12-9-18)23(31)25-13-15-32-3/h4-9,11-12,17,22H,10,13-16H2,1-3H3,(H,25,31). The fourth-order valence-electron chi connectivity index (χ4n) is 3.44. The van der Waals surface area contributed by atoms with Gasteiger partial charge in [0.25, 0.3) is 0 Å². The van der Waals surface area contributed by atoms with Gasteiger partial charge in [0.15, 0.2) is 0 Å². The Kier molecular flexibility index (Phi) is 8.27. The van der Waals surface area contributed by atoms with Crippen LogP contribution < -0.4 is 5.32 Å². The lowest BCUT2D eigenvalue weighted by Gasteiger charge is -2.32. The minimum absolute atomic E-state index is 0.00839. The summed E-state index contributed by atoms with van der Waals surface area (Å²) < 4.78 is 6.63. The Hall–Kier alpha value is -3.33. The quantitative estimate of drug-likeness (QED) is 0.461. The van der Waals surface area contributed by atoms with Gasteiger partial charge in [0.2, 0.25) is 11.8 Å². The molecule has 0 aliphatic rings. The van der Waals surface area contributed by atoms with E-state index in [2.05, 4.69) is 34.5 Å². The number of aromatic nitrogens is 4. The molecule has 3 rings (SSSR count). The second kappa shape index (κ2) is 11.3. The highest BCUT2D eigenvalue weighted by Crippen LogP contribution is 2.23. The van der Waals surface area contributed by atoms with Crippen LogP contribution in [0.5, 0.6) is 0 Å². The van der Waals surface area contributed by atoms with Crippen molar-refractivity contribution in [1.82, 2.24) is 30.2 Å². The first-order chi connectivity index (χ1) is 15.5. The average Bonchev–Trinajstić information content (AvgIpc) is 3.20. The minimum Gasteiger partial charge on any atom is -0.383 e. The molecule has 1 N–H and O–H groups in total. The van der Waals surface area contributed by atoms with Crippen molar-refractivity contribution in [1.29, 1.82) is 0 Å². The number of hydrogen-bond donors (Lipinski definition) is 1. The Balaban J connectivity index is 1.91. The third-order valence-corrected chi connectivity index (χ3v) is 5.16. The Morgan fingerprint density at radius 1 is 1.16 bits per heavy atom. The van der Waals surface area contributed by atoms with Gasteiger partial charge in [-0.1, -0.05) is 31.2 Å². The molecule has 1 aromatic carbocycles. The van der Waals surface area contributed by atoms with Crippen molar-refractivity contribution in [3.63, 3.8) is 0 Å². The van der Waals surface area contributed by atoms with Crippen molar-refractivity contribution in [3.8, 4) is 0 Å². The van der Waals surface area contributed by atoms with Gasteiger partial charge in [-0.05, 0) is 42.2 Å². The van der Waals surface area contributed by atoms with E-state index in [1.165, 1.54) is 0 Å². The maximum Gasteiger partial charge on any atom is 0.247 e. The lowest BCUT2D eigenvalue weighted by molar-refractivity contribution is -0.141. The molecule has 0 saturated heterocycles. The number of methoxy groups -OCH3 is 1. The van der Waals surface area contributed by atoms with Crippen molar-refractivity contribution in [2.75, 3.05) is 26.8 Å². The molecule has 170 valence electrons. The van der Waals surface area contributed by atoms with E-state index < -0.39 is 6.04 Å². The van der Waals surface area contributed by atoms with Crippen LogP contribution in [-0.2, 0) is 20.9 Å². The number of ether oxygens (including phenoxy) is 1. The summed E-state index contributed by atoms with van der Waals surface area (Å²) in [6.07, 6.45) is 4.01. The molecule has 9 heteroatoms. The fourth-order valence-corrected chi connectivity index (χ4v) is 3.44. The number of carbonyl (C=O) groups excluding carboxylic acids is 2. The normalized spacial score (nSPS) is 12.1. The number of fused-ring (bicyclic) bond motifs is 1. The monoisotopic (exact) mass is 438 g/mol. The van der Waals surface area contributed by atoms with E-state index in [0.717, 1.165) is 17.5 Å². The predicted molar refractivity (Wildman–Crippen MR) is 121 cm³/mol. The number of hydrogen-bond acceptors (Lipinski definition) is 6. The minimum atomic E-state index is -0.782. The molecule has 0 saturated carbocycles. The van der Waals surface area contributed by atoms with Crippen LogP contribution in [0.2, 0.25) is 0 Å². The van der Waals surface area contributed by atoms with Crippen LogP contribution >= 0.6 is 0 Å². The molecule has 0 aliphatic carbocycles. The summed E-state index contributed by atoms with van der Waals surface area (Å²) in [5.41, 5.74) is 2.20. The van der Waals surface area contributed by atoms with Crippen LogP contribution in [-0.4, -0.2) is 63.5 Å².